The van der Waals surface area contributed by atoms with Crippen molar-refractivity contribution in [3.8, 4) is 0 Å². The Hall–Kier alpha value is -1.93. The molecule has 8 heteroatoms. The molecule has 2 aliphatic rings. The van der Waals surface area contributed by atoms with E-state index in [1.54, 1.807) is 11.1 Å². The van der Waals surface area contributed by atoms with E-state index in [0.29, 0.717) is 32.8 Å². The van der Waals surface area contributed by atoms with Crippen LogP contribution < -0.4 is 5.32 Å². The molecule has 2 aliphatic heterocycles. The Morgan fingerprint density at radius 1 is 1.46 bits per heavy atom. The van der Waals surface area contributed by atoms with Crippen LogP contribution in [0.3, 0.4) is 0 Å². The highest BCUT2D eigenvalue weighted by atomic mass is 16.6. The monoisotopic (exact) mass is 336 g/mol. The summed E-state index contributed by atoms with van der Waals surface area (Å²) in [6.07, 6.45) is 5.50. The van der Waals surface area contributed by atoms with Gasteiger partial charge in [0.05, 0.1) is 39.0 Å². The molecule has 0 saturated carbocycles. The first-order valence-corrected chi connectivity index (χ1v) is 8.32. The maximum Gasteiger partial charge on any atom is 0.242 e. The van der Waals surface area contributed by atoms with Crippen molar-refractivity contribution in [1.82, 2.24) is 20.0 Å². The van der Waals surface area contributed by atoms with Crippen LogP contribution in [0.4, 0.5) is 0 Å². The Balaban J connectivity index is 1.60. The number of aromatic nitrogens is 2. The SMILES string of the molecule is CC(=O)NCC(=O)N1CCOC[C@]2(CC[C@@H](Cn3cccn3)O2)C1. The van der Waals surface area contributed by atoms with Crippen LogP contribution in [0.15, 0.2) is 18.5 Å². The topological polar surface area (TPSA) is 85.7 Å². The fourth-order valence-electron chi connectivity index (χ4n) is 3.29. The molecule has 1 aromatic rings. The lowest BCUT2D eigenvalue weighted by molar-refractivity contribution is -0.137. The van der Waals surface area contributed by atoms with Crippen molar-refractivity contribution < 1.29 is 19.1 Å². The van der Waals surface area contributed by atoms with E-state index in [1.807, 2.05) is 16.9 Å². The molecule has 0 aromatic carbocycles. The predicted octanol–water partition coefficient (Wildman–Crippen LogP) is -0.204. The molecule has 2 amide bonds. The Morgan fingerprint density at radius 2 is 2.33 bits per heavy atom. The van der Waals surface area contributed by atoms with E-state index in [1.165, 1.54) is 6.92 Å². The zero-order valence-electron chi connectivity index (χ0n) is 13.9. The lowest BCUT2D eigenvalue weighted by atomic mass is 10.00. The first kappa shape index (κ1) is 16.9. The van der Waals surface area contributed by atoms with Crippen molar-refractivity contribution in [1.29, 1.82) is 0 Å². The molecule has 3 heterocycles. The van der Waals surface area contributed by atoms with Crippen molar-refractivity contribution in [3.05, 3.63) is 18.5 Å². The van der Waals surface area contributed by atoms with E-state index < -0.39 is 5.60 Å². The van der Waals surface area contributed by atoms with E-state index in [-0.39, 0.29) is 24.5 Å². The summed E-state index contributed by atoms with van der Waals surface area (Å²) in [6.45, 7) is 4.12. The largest absolute Gasteiger partial charge is 0.377 e. The van der Waals surface area contributed by atoms with Crippen molar-refractivity contribution in [3.63, 3.8) is 0 Å². The van der Waals surface area contributed by atoms with Crippen LogP contribution in [0, 0.1) is 0 Å². The van der Waals surface area contributed by atoms with Gasteiger partial charge >= 0.3 is 0 Å². The van der Waals surface area contributed by atoms with E-state index >= 15 is 0 Å². The molecule has 132 valence electrons. The quantitative estimate of drug-likeness (QED) is 0.823. The first-order chi connectivity index (χ1) is 11.6. The fourth-order valence-corrected chi connectivity index (χ4v) is 3.29. The van der Waals surface area contributed by atoms with Gasteiger partial charge in [-0.05, 0) is 18.9 Å². The maximum atomic E-state index is 12.3. The molecular weight excluding hydrogens is 312 g/mol. The van der Waals surface area contributed by atoms with E-state index in [4.69, 9.17) is 9.47 Å². The van der Waals surface area contributed by atoms with Crippen molar-refractivity contribution in [2.45, 2.75) is 38.0 Å². The number of amides is 2. The second kappa shape index (κ2) is 7.31. The molecule has 8 nitrogen and oxygen atoms in total. The molecule has 1 N–H and O–H groups in total. The van der Waals surface area contributed by atoms with Gasteiger partial charge in [-0.3, -0.25) is 14.3 Å². The zero-order valence-corrected chi connectivity index (χ0v) is 13.9. The molecule has 0 radical (unpaired) electrons. The summed E-state index contributed by atoms with van der Waals surface area (Å²) < 4.78 is 13.8. The molecule has 0 aliphatic carbocycles. The van der Waals surface area contributed by atoms with Gasteiger partial charge in [0.15, 0.2) is 0 Å². The molecule has 2 atom stereocenters. The van der Waals surface area contributed by atoms with Crippen LogP contribution in [0.25, 0.3) is 0 Å². The van der Waals surface area contributed by atoms with Gasteiger partial charge in [-0.15, -0.1) is 0 Å². The summed E-state index contributed by atoms with van der Waals surface area (Å²) in [5.74, 6) is -0.310. The number of rotatable bonds is 4. The number of ether oxygens (including phenoxy) is 2. The average Bonchev–Trinajstić information content (AvgIpc) is 3.13. The second-order valence-electron chi connectivity index (χ2n) is 6.47. The van der Waals surface area contributed by atoms with Crippen molar-refractivity contribution >= 4 is 11.8 Å². The number of carbonyl (C=O) groups excluding carboxylic acids is 2. The van der Waals surface area contributed by atoms with Crippen LogP contribution in [0.1, 0.15) is 19.8 Å². The van der Waals surface area contributed by atoms with E-state index in [2.05, 4.69) is 10.4 Å². The Bertz CT molecular complexity index is 577. The summed E-state index contributed by atoms with van der Waals surface area (Å²) in [7, 11) is 0. The number of hydrogen-bond acceptors (Lipinski definition) is 5. The minimum Gasteiger partial charge on any atom is -0.377 e. The number of hydrogen-bond donors (Lipinski definition) is 1. The highest BCUT2D eigenvalue weighted by molar-refractivity contribution is 5.83. The minimum atomic E-state index is -0.458. The first-order valence-electron chi connectivity index (χ1n) is 8.32. The summed E-state index contributed by atoms with van der Waals surface area (Å²) in [6, 6.07) is 1.89. The molecule has 3 rings (SSSR count). The molecule has 0 bridgehead atoms. The van der Waals surface area contributed by atoms with Crippen molar-refractivity contribution in [2.24, 2.45) is 0 Å². The van der Waals surface area contributed by atoms with E-state index in [9.17, 15) is 9.59 Å². The van der Waals surface area contributed by atoms with Crippen LogP contribution in [-0.4, -0.2) is 71.0 Å². The molecular formula is C16H24N4O4. The van der Waals surface area contributed by atoms with Crippen LogP contribution in [0.5, 0.6) is 0 Å². The standard InChI is InChI=1S/C16H24N4O4/c1-13(21)17-9-15(22)19-7-8-23-12-16(11-19)4-3-14(24-16)10-20-6-2-5-18-20/h2,5-6,14H,3-4,7-12H2,1H3,(H,17,21)/t14-,16-/m0/s1. The highest BCUT2D eigenvalue weighted by Crippen LogP contribution is 2.33. The smallest absolute Gasteiger partial charge is 0.242 e. The van der Waals surface area contributed by atoms with Gasteiger partial charge in [0, 0.05) is 25.9 Å². The van der Waals surface area contributed by atoms with Gasteiger partial charge in [-0.1, -0.05) is 0 Å². The molecule has 24 heavy (non-hydrogen) atoms. The predicted molar refractivity (Wildman–Crippen MR) is 85.1 cm³/mol. The summed E-state index contributed by atoms with van der Waals surface area (Å²) in [4.78, 5) is 25.1. The van der Waals surface area contributed by atoms with Crippen LogP contribution in [-0.2, 0) is 25.6 Å². The minimum absolute atomic E-state index is 0.0160. The molecule has 2 fully saturated rings. The van der Waals surface area contributed by atoms with Crippen LogP contribution >= 0.6 is 0 Å². The third-order valence-corrected chi connectivity index (χ3v) is 4.48. The normalized spacial score (nSPS) is 27.2. The van der Waals surface area contributed by atoms with E-state index in [0.717, 1.165) is 12.8 Å². The zero-order chi connectivity index (χ0) is 17.0. The van der Waals surface area contributed by atoms with Gasteiger partial charge in [0.2, 0.25) is 11.8 Å². The molecule has 1 aromatic heterocycles. The molecule has 2 saturated heterocycles. The number of carbonyl (C=O) groups is 2. The Kier molecular flexibility index (Phi) is 5.15. The third-order valence-electron chi connectivity index (χ3n) is 4.48. The summed E-state index contributed by atoms with van der Waals surface area (Å²) in [5.41, 5.74) is -0.458. The van der Waals surface area contributed by atoms with Gasteiger partial charge in [-0.25, -0.2) is 0 Å². The molecule has 0 unspecified atom stereocenters. The van der Waals surface area contributed by atoms with Crippen LogP contribution in [0.2, 0.25) is 0 Å². The fraction of sp³-hybridized carbons (Fsp3) is 0.688. The Labute approximate surface area is 141 Å². The second-order valence-corrected chi connectivity index (χ2v) is 6.47. The number of nitrogens with zero attached hydrogens (tertiary/aromatic N) is 3. The Morgan fingerprint density at radius 3 is 3.08 bits per heavy atom. The summed E-state index contributed by atoms with van der Waals surface area (Å²) in [5, 5.41) is 6.77. The van der Waals surface area contributed by atoms with Gasteiger partial charge in [0.1, 0.15) is 5.60 Å². The molecule has 1 spiro atoms. The van der Waals surface area contributed by atoms with Gasteiger partial charge in [-0.2, -0.15) is 5.10 Å². The maximum absolute atomic E-state index is 12.3. The van der Waals surface area contributed by atoms with Gasteiger partial charge in [0.25, 0.3) is 0 Å². The lowest BCUT2D eigenvalue weighted by Crippen LogP contribution is -2.49. The summed E-state index contributed by atoms with van der Waals surface area (Å²) >= 11 is 0. The number of nitrogens with one attached hydrogen (secondary N) is 1. The lowest BCUT2D eigenvalue weighted by Gasteiger charge is -2.32. The third kappa shape index (κ3) is 4.12. The van der Waals surface area contributed by atoms with Gasteiger partial charge < -0.3 is 19.7 Å². The van der Waals surface area contributed by atoms with Crippen molar-refractivity contribution in [2.75, 3.05) is 32.8 Å². The highest BCUT2D eigenvalue weighted by Gasteiger charge is 2.44. The average molecular weight is 336 g/mol.